The molecule has 418 valence electrons. The highest BCUT2D eigenvalue weighted by Crippen LogP contribution is 2.43. The lowest BCUT2D eigenvalue weighted by atomic mass is 10.1. The van der Waals surface area contributed by atoms with Gasteiger partial charge in [0.25, 0.3) is 0 Å². The molecular formula is C60H107O11P. The Bertz CT molecular complexity index is 1440. The average molecular weight is 1040 g/mol. The van der Waals surface area contributed by atoms with Crippen LogP contribution in [0.1, 0.15) is 265 Å². The SMILES string of the molecule is CCC/C=C\C/C=C\CCCCCCCC(=O)OC(CO)COP(=O)(O)OCC(COC(=O)CCCCCCC/C=C\CCCCCCCC)OC(=O)CCCCCCCCC/C=C\C/C=C\CCCCC. The van der Waals surface area contributed by atoms with E-state index >= 15 is 0 Å². The molecule has 0 spiro atoms. The van der Waals surface area contributed by atoms with Crippen molar-refractivity contribution in [3.8, 4) is 0 Å². The molecule has 3 unspecified atom stereocenters. The minimum Gasteiger partial charge on any atom is -0.462 e. The van der Waals surface area contributed by atoms with E-state index in [1.165, 1.54) is 83.5 Å². The Morgan fingerprint density at radius 3 is 1.12 bits per heavy atom. The summed E-state index contributed by atoms with van der Waals surface area (Å²) >= 11 is 0. The van der Waals surface area contributed by atoms with E-state index < -0.39 is 57.8 Å². The summed E-state index contributed by atoms with van der Waals surface area (Å²) in [5, 5.41) is 9.80. The monoisotopic (exact) mass is 1030 g/mol. The van der Waals surface area contributed by atoms with Gasteiger partial charge < -0.3 is 24.2 Å². The molecule has 72 heavy (non-hydrogen) atoms. The Morgan fingerprint density at radius 1 is 0.389 bits per heavy atom. The van der Waals surface area contributed by atoms with E-state index in [0.717, 1.165) is 122 Å². The van der Waals surface area contributed by atoms with Crippen LogP contribution < -0.4 is 0 Å². The Morgan fingerprint density at radius 2 is 0.708 bits per heavy atom. The van der Waals surface area contributed by atoms with Gasteiger partial charge in [-0.15, -0.1) is 0 Å². The predicted octanol–water partition coefficient (Wildman–Crippen LogP) is 17.1. The molecule has 12 heteroatoms. The maximum absolute atomic E-state index is 12.9. The van der Waals surface area contributed by atoms with Crippen LogP contribution in [0, 0.1) is 0 Å². The molecule has 0 aromatic heterocycles. The summed E-state index contributed by atoms with van der Waals surface area (Å²) in [6.07, 6.45) is 58.9. The molecule has 0 saturated heterocycles. The number of hydrogen-bond acceptors (Lipinski definition) is 10. The number of hydrogen-bond donors (Lipinski definition) is 2. The minimum atomic E-state index is -4.75. The van der Waals surface area contributed by atoms with Crippen LogP contribution in [-0.4, -0.2) is 66.5 Å². The maximum atomic E-state index is 12.9. The van der Waals surface area contributed by atoms with Crippen molar-refractivity contribution < 1.29 is 52.2 Å². The molecule has 0 radical (unpaired) electrons. The first-order chi connectivity index (χ1) is 35.2. The number of phosphoric acid groups is 1. The summed E-state index contributed by atoms with van der Waals surface area (Å²) in [4.78, 5) is 48.5. The van der Waals surface area contributed by atoms with Crippen molar-refractivity contribution in [2.75, 3.05) is 26.4 Å². The highest BCUT2D eigenvalue weighted by Gasteiger charge is 2.28. The zero-order valence-corrected chi connectivity index (χ0v) is 47.0. The standard InChI is InChI=1S/C60H107O11P/c1-4-7-10-13-16-19-22-25-27-28-30-33-36-39-42-45-48-51-60(64)71-57(53-67-58(62)49-46-43-40-37-34-32-29-26-23-20-17-14-11-8-5-2)55-69-72(65,66)68-54-56(52-61)70-59(63)50-47-44-41-38-35-31-24-21-18-15-12-9-6-3/h12,15-16,19,21,24-27,29,56-57,61H,4-11,13-14,17-18,20,22-23,28,30-55H2,1-3H3,(H,65,66)/b15-12-,19-16-,24-21-,27-25-,29-26-. The third-order valence-electron chi connectivity index (χ3n) is 12.4. The largest absolute Gasteiger partial charge is 0.472 e. The lowest BCUT2D eigenvalue weighted by Crippen LogP contribution is -2.30. The van der Waals surface area contributed by atoms with Crippen molar-refractivity contribution in [1.82, 2.24) is 0 Å². The van der Waals surface area contributed by atoms with Crippen molar-refractivity contribution in [2.45, 2.75) is 277 Å². The highest BCUT2D eigenvalue weighted by molar-refractivity contribution is 7.47. The highest BCUT2D eigenvalue weighted by atomic mass is 31.2. The van der Waals surface area contributed by atoms with Gasteiger partial charge >= 0.3 is 25.7 Å². The predicted molar refractivity (Wildman–Crippen MR) is 298 cm³/mol. The third-order valence-corrected chi connectivity index (χ3v) is 13.3. The van der Waals surface area contributed by atoms with Crippen molar-refractivity contribution in [3.63, 3.8) is 0 Å². The van der Waals surface area contributed by atoms with Gasteiger partial charge in [0.15, 0.2) is 6.10 Å². The van der Waals surface area contributed by atoms with Gasteiger partial charge in [0.05, 0.1) is 19.8 Å². The number of allylic oxidation sites excluding steroid dienone is 10. The molecule has 2 N–H and O–H groups in total. The molecule has 0 aromatic rings. The fourth-order valence-corrected chi connectivity index (χ4v) is 8.67. The van der Waals surface area contributed by atoms with Crippen LogP contribution >= 0.6 is 7.82 Å². The van der Waals surface area contributed by atoms with E-state index in [1.807, 2.05) is 0 Å². The summed E-state index contributed by atoms with van der Waals surface area (Å²) in [5.74, 6) is -1.49. The Balaban J connectivity index is 4.75. The van der Waals surface area contributed by atoms with Crippen molar-refractivity contribution in [2.24, 2.45) is 0 Å². The van der Waals surface area contributed by atoms with Gasteiger partial charge in [0, 0.05) is 19.3 Å². The number of aliphatic hydroxyl groups excluding tert-OH is 1. The van der Waals surface area contributed by atoms with E-state index in [4.69, 9.17) is 23.3 Å². The molecule has 0 saturated carbocycles. The fourth-order valence-electron chi connectivity index (χ4n) is 7.89. The van der Waals surface area contributed by atoms with Gasteiger partial charge in [-0.25, -0.2) is 4.57 Å². The number of esters is 3. The number of phosphoric ester groups is 1. The molecule has 0 amide bonds. The van der Waals surface area contributed by atoms with Gasteiger partial charge in [0.2, 0.25) is 0 Å². The van der Waals surface area contributed by atoms with Gasteiger partial charge in [-0.3, -0.25) is 23.4 Å². The van der Waals surface area contributed by atoms with Crippen LogP contribution in [0.4, 0.5) is 0 Å². The summed E-state index contributed by atoms with van der Waals surface area (Å²) in [6.45, 7) is 4.53. The Labute approximate surface area is 440 Å². The first-order valence-electron chi connectivity index (χ1n) is 29.2. The van der Waals surface area contributed by atoms with Crippen LogP contribution in [-0.2, 0) is 42.2 Å². The van der Waals surface area contributed by atoms with E-state index in [9.17, 15) is 28.9 Å². The number of carbonyl (C=O) groups is 3. The molecule has 0 aliphatic rings. The molecule has 0 aliphatic carbocycles. The van der Waals surface area contributed by atoms with Crippen molar-refractivity contribution in [1.29, 1.82) is 0 Å². The molecule has 11 nitrogen and oxygen atoms in total. The van der Waals surface area contributed by atoms with Crippen LogP contribution in [0.5, 0.6) is 0 Å². The van der Waals surface area contributed by atoms with Crippen LogP contribution in [0.15, 0.2) is 60.8 Å². The van der Waals surface area contributed by atoms with Crippen molar-refractivity contribution in [3.05, 3.63) is 60.8 Å². The Kier molecular flexibility index (Phi) is 52.3. The smallest absolute Gasteiger partial charge is 0.462 e. The number of ether oxygens (including phenoxy) is 3. The summed E-state index contributed by atoms with van der Waals surface area (Å²) in [5.41, 5.74) is 0. The van der Waals surface area contributed by atoms with Crippen molar-refractivity contribution >= 4 is 25.7 Å². The number of rotatable bonds is 54. The van der Waals surface area contributed by atoms with Crippen LogP contribution in [0.2, 0.25) is 0 Å². The second-order valence-corrected chi connectivity index (χ2v) is 20.9. The quantitative estimate of drug-likeness (QED) is 0.0197. The zero-order valence-electron chi connectivity index (χ0n) is 46.1. The molecule has 3 atom stereocenters. The summed E-state index contributed by atoms with van der Waals surface area (Å²) in [6, 6.07) is 0. The first-order valence-corrected chi connectivity index (χ1v) is 30.7. The second kappa shape index (κ2) is 54.4. The number of carbonyl (C=O) groups excluding carboxylic acids is 3. The number of unbranched alkanes of at least 4 members (excludes halogenated alkanes) is 27. The Hall–Kier alpha value is -2.82. The summed E-state index contributed by atoms with van der Waals surface area (Å²) in [7, 11) is -4.75. The van der Waals surface area contributed by atoms with E-state index in [-0.39, 0.29) is 25.9 Å². The van der Waals surface area contributed by atoms with Crippen LogP contribution in [0.3, 0.4) is 0 Å². The molecule has 0 aliphatic heterocycles. The fraction of sp³-hybridized carbons (Fsp3) is 0.783. The van der Waals surface area contributed by atoms with Crippen LogP contribution in [0.25, 0.3) is 0 Å². The molecule has 0 rings (SSSR count). The van der Waals surface area contributed by atoms with E-state index in [0.29, 0.717) is 19.3 Å². The normalized spacial score (nSPS) is 13.8. The maximum Gasteiger partial charge on any atom is 0.472 e. The number of aliphatic hydroxyl groups is 1. The second-order valence-electron chi connectivity index (χ2n) is 19.4. The molecule has 0 bridgehead atoms. The third kappa shape index (κ3) is 52.1. The minimum absolute atomic E-state index is 0.156. The first kappa shape index (κ1) is 69.2. The van der Waals surface area contributed by atoms with Gasteiger partial charge in [-0.2, -0.15) is 0 Å². The van der Waals surface area contributed by atoms with Gasteiger partial charge in [-0.1, -0.05) is 204 Å². The van der Waals surface area contributed by atoms with Gasteiger partial charge in [0.1, 0.15) is 12.7 Å². The lowest BCUT2D eigenvalue weighted by molar-refractivity contribution is -0.161. The molecule has 0 aromatic carbocycles. The topological polar surface area (TPSA) is 155 Å². The molecule has 0 fully saturated rings. The lowest BCUT2D eigenvalue weighted by Gasteiger charge is -2.21. The summed E-state index contributed by atoms with van der Waals surface area (Å²) < 4.78 is 39.5. The average Bonchev–Trinajstić information content (AvgIpc) is 3.37. The van der Waals surface area contributed by atoms with Gasteiger partial charge in [-0.05, 0) is 103 Å². The molecule has 0 heterocycles. The van der Waals surface area contributed by atoms with E-state index in [1.54, 1.807) is 0 Å². The van der Waals surface area contributed by atoms with E-state index in [2.05, 4.69) is 81.5 Å². The zero-order chi connectivity index (χ0) is 52.7. The molecular weight excluding hydrogens is 928 g/mol.